The number of nitrogens with one attached hydrogen (secondary N) is 1. The fraction of sp³-hybridized carbons (Fsp3) is 0.143. The summed E-state index contributed by atoms with van der Waals surface area (Å²) >= 11 is 5.21. The van der Waals surface area contributed by atoms with E-state index in [-0.39, 0.29) is 14.4 Å². The largest absolute Gasteiger partial charge is 0.281 e. The van der Waals surface area contributed by atoms with Crippen LogP contribution in [0.4, 0.5) is 0 Å². The molecular formula is C14H13N3O2S2. The molecule has 1 aromatic carbocycles. The highest BCUT2D eigenvalue weighted by Gasteiger charge is 2.25. The van der Waals surface area contributed by atoms with E-state index in [4.69, 9.17) is 12.2 Å². The maximum absolute atomic E-state index is 12.8. The molecule has 0 fully saturated rings. The van der Waals surface area contributed by atoms with Gasteiger partial charge < -0.3 is 0 Å². The summed E-state index contributed by atoms with van der Waals surface area (Å²) in [5.41, 5.74) is 1.92. The summed E-state index contributed by atoms with van der Waals surface area (Å²) in [7, 11) is -3.71. The van der Waals surface area contributed by atoms with Gasteiger partial charge >= 0.3 is 0 Å². The molecule has 0 unspecified atom stereocenters. The standard InChI is InChI=1S/C14H13N3O2S2/c1-9-8-10(2)17-13(15-9)12(14(20)16-17)21(18,19)11-6-4-3-5-7-11/h3-8H,1-2H3,(H,16,20). The van der Waals surface area contributed by atoms with Crippen LogP contribution < -0.4 is 0 Å². The van der Waals surface area contributed by atoms with Crippen LogP contribution in [0.15, 0.2) is 46.2 Å². The molecule has 2 heterocycles. The van der Waals surface area contributed by atoms with Crippen LogP contribution in [0.2, 0.25) is 0 Å². The molecule has 0 bridgehead atoms. The first kappa shape index (κ1) is 14.0. The first-order valence-electron chi connectivity index (χ1n) is 6.30. The first-order valence-corrected chi connectivity index (χ1v) is 8.19. The van der Waals surface area contributed by atoms with Crippen LogP contribution >= 0.6 is 12.2 Å². The molecule has 2 aromatic heterocycles. The van der Waals surface area contributed by atoms with Crippen LogP contribution in [-0.4, -0.2) is 23.0 Å². The van der Waals surface area contributed by atoms with E-state index in [2.05, 4.69) is 10.1 Å². The molecule has 0 amide bonds. The fourth-order valence-corrected chi connectivity index (χ4v) is 4.22. The number of aryl methyl sites for hydroxylation is 2. The maximum atomic E-state index is 12.8. The molecular weight excluding hydrogens is 306 g/mol. The molecule has 0 saturated heterocycles. The van der Waals surface area contributed by atoms with Crippen LogP contribution in [0.3, 0.4) is 0 Å². The maximum Gasteiger partial charge on any atom is 0.213 e. The third-order valence-electron chi connectivity index (χ3n) is 3.21. The Morgan fingerprint density at radius 1 is 1.19 bits per heavy atom. The Hall–Kier alpha value is -1.99. The van der Waals surface area contributed by atoms with Crippen molar-refractivity contribution in [3.63, 3.8) is 0 Å². The number of H-pyrrole nitrogens is 1. The molecule has 3 aromatic rings. The summed E-state index contributed by atoms with van der Waals surface area (Å²) in [6, 6.07) is 10.1. The lowest BCUT2D eigenvalue weighted by atomic mass is 10.3. The molecule has 108 valence electrons. The Balaban J connectivity index is 2.41. The summed E-state index contributed by atoms with van der Waals surface area (Å²) in [5, 5.41) is 2.89. The molecule has 0 saturated carbocycles. The molecule has 0 aliphatic carbocycles. The van der Waals surface area contributed by atoms with Gasteiger partial charge in [-0.2, -0.15) is 0 Å². The minimum atomic E-state index is -3.71. The quantitative estimate of drug-likeness (QED) is 0.738. The van der Waals surface area contributed by atoms with E-state index in [0.29, 0.717) is 5.65 Å². The van der Waals surface area contributed by atoms with Gasteiger partial charge in [-0.05, 0) is 32.0 Å². The normalized spacial score (nSPS) is 11.9. The Morgan fingerprint density at radius 2 is 1.86 bits per heavy atom. The number of nitrogens with zero attached hydrogens (tertiary/aromatic N) is 2. The van der Waals surface area contributed by atoms with Gasteiger partial charge in [-0.3, -0.25) is 5.10 Å². The topological polar surface area (TPSA) is 67.2 Å². The van der Waals surface area contributed by atoms with Gasteiger partial charge in [0, 0.05) is 11.4 Å². The second-order valence-corrected chi connectivity index (χ2v) is 7.08. The van der Waals surface area contributed by atoms with Crippen molar-refractivity contribution in [2.75, 3.05) is 0 Å². The molecule has 7 heteroatoms. The van der Waals surface area contributed by atoms with E-state index in [1.54, 1.807) is 34.8 Å². The van der Waals surface area contributed by atoms with E-state index in [9.17, 15) is 8.42 Å². The molecule has 0 aliphatic heterocycles. The van der Waals surface area contributed by atoms with E-state index in [1.165, 1.54) is 0 Å². The van der Waals surface area contributed by atoms with Gasteiger partial charge in [0.05, 0.1) is 4.90 Å². The molecule has 0 spiro atoms. The summed E-state index contributed by atoms with van der Waals surface area (Å²) in [4.78, 5) is 4.59. The van der Waals surface area contributed by atoms with Gasteiger partial charge in [0.2, 0.25) is 9.84 Å². The number of aromatic amines is 1. The smallest absolute Gasteiger partial charge is 0.213 e. The Kier molecular flexibility index (Phi) is 3.18. The van der Waals surface area contributed by atoms with Crippen molar-refractivity contribution >= 4 is 27.7 Å². The zero-order valence-electron chi connectivity index (χ0n) is 11.5. The molecule has 0 aliphatic rings. The van der Waals surface area contributed by atoms with E-state index < -0.39 is 9.84 Å². The van der Waals surface area contributed by atoms with Crippen molar-refractivity contribution < 1.29 is 8.42 Å². The van der Waals surface area contributed by atoms with E-state index in [0.717, 1.165) is 11.4 Å². The highest BCUT2D eigenvalue weighted by atomic mass is 32.2. The van der Waals surface area contributed by atoms with Crippen LogP contribution in [0.25, 0.3) is 5.65 Å². The Morgan fingerprint density at radius 3 is 2.52 bits per heavy atom. The molecule has 21 heavy (non-hydrogen) atoms. The lowest BCUT2D eigenvalue weighted by Gasteiger charge is -2.04. The van der Waals surface area contributed by atoms with Gasteiger partial charge in [-0.1, -0.05) is 30.4 Å². The summed E-state index contributed by atoms with van der Waals surface area (Å²) in [5.74, 6) is 0. The monoisotopic (exact) mass is 319 g/mol. The van der Waals surface area contributed by atoms with Gasteiger partial charge in [0.25, 0.3) is 0 Å². The van der Waals surface area contributed by atoms with Crippen molar-refractivity contribution in [2.45, 2.75) is 23.6 Å². The van der Waals surface area contributed by atoms with Crippen molar-refractivity contribution in [1.82, 2.24) is 14.6 Å². The van der Waals surface area contributed by atoms with Crippen LogP contribution in [0, 0.1) is 18.5 Å². The number of benzene rings is 1. The lowest BCUT2D eigenvalue weighted by molar-refractivity contribution is 0.596. The second-order valence-electron chi connectivity index (χ2n) is 4.78. The predicted octanol–water partition coefficient (Wildman–Crippen LogP) is 2.84. The third-order valence-corrected chi connectivity index (χ3v) is 5.45. The van der Waals surface area contributed by atoms with Crippen molar-refractivity contribution in [3.8, 4) is 0 Å². The van der Waals surface area contributed by atoms with Crippen molar-refractivity contribution in [3.05, 3.63) is 52.4 Å². The number of hydrogen-bond donors (Lipinski definition) is 1. The molecule has 3 rings (SSSR count). The van der Waals surface area contributed by atoms with Crippen molar-refractivity contribution in [2.24, 2.45) is 0 Å². The second kappa shape index (κ2) is 4.78. The van der Waals surface area contributed by atoms with Crippen LogP contribution in [0.5, 0.6) is 0 Å². The van der Waals surface area contributed by atoms with Crippen LogP contribution in [0.1, 0.15) is 11.4 Å². The Bertz CT molecular complexity index is 986. The zero-order chi connectivity index (χ0) is 15.2. The number of rotatable bonds is 2. The number of aromatic nitrogens is 3. The first-order chi connectivity index (χ1) is 9.91. The van der Waals surface area contributed by atoms with Gasteiger partial charge in [-0.15, -0.1) is 0 Å². The summed E-state index contributed by atoms with van der Waals surface area (Å²) in [6.45, 7) is 3.69. The SMILES string of the molecule is Cc1cc(C)n2[nH]c(=S)c(S(=O)(=O)c3ccccc3)c2n1. The Labute approximate surface area is 127 Å². The van der Waals surface area contributed by atoms with Crippen LogP contribution in [-0.2, 0) is 9.84 Å². The average Bonchev–Trinajstić information content (AvgIpc) is 2.77. The van der Waals surface area contributed by atoms with Gasteiger partial charge in [0.1, 0.15) is 4.64 Å². The number of hydrogen-bond acceptors (Lipinski definition) is 4. The highest BCUT2D eigenvalue weighted by Crippen LogP contribution is 2.25. The van der Waals surface area contributed by atoms with Gasteiger partial charge in [-0.25, -0.2) is 17.9 Å². The lowest BCUT2D eigenvalue weighted by Crippen LogP contribution is -2.04. The highest BCUT2D eigenvalue weighted by molar-refractivity contribution is 7.92. The average molecular weight is 319 g/mol. The molecule has 1 N–H and O–H groups in total. The molecule has 0 atom stereocenters. The van der Waals surface area contributed by atoms with E-state index in [1.807, 2.05) is 19.9 Å². The van der Waals surface area contributed by atoms with Crippen molar-refractivity contribution in [1.29, 1.82) is 0 Å². The summed E-state index contributed by atoms with van der Waals surface area (Å²) < 4.78 is 27.4. The zero-order valence-corrected chi connectivity index (χ0v) is 13.1. The predicted molar refractivity (Wildman–Crippen MR) is 81.7 cm³/mol. The fourth-order valence-electron chi connectivity index (χ4n) is 2.29. The third kappa shape index (κ3) is 2.18. The number of fused-ring (bicyclic) bond motifs is 1. The minimum Gasteiger partial charge on any atom is -0.281 e. The minimum absolute atomic E-state index is 0.0514. The van der Waals surface area contributed by atoms with E-state index >= 15 is 0 Å². The summed E-state index contributed by atoms with van der Waals surface area (Å²) in [6.07, 6.45) is 0. The van der Waals surface area contributed by atoms with Gasteiger partial charge in [0.15, 0.2) is 10.5 Å². The molecule has 5 nitrogen and oxygen atoms in total. The number of sulfone groups is 1. The molecule has 0 radical (unpaired) electrons.